The fourth-order valence-corrected chi connectivity index (χ4v) is 4.07. The average Bonchev–Trinajstić information content (AvgIpc) is 3.13. The molecule has 6 heteroatoms. The molecule has 1 saturated heterocycles. The van der Waals surface area contributed by atoms with Crippen LogP contribution in [0.4, 0.5) is 5.82 Å². The van der Waals surface area contributed by atoms with Crippen molar-refractivity contribution in [2.75, 3.05) is 31.1 Å². The van der Waals surface area contributed by atoms with Crippen molar-refractivity contribution in [2.24, 2.45) is 7.05 Å². The smallest absolute Gasteiger partial charge is 0.250 e. The van der Waals surface area contributed by atoms with Gasteiger partial charge in [-0.1, -0.05) is 20.8 Å². The molecular formula is C22H31N5O. The van der Waals surface area contributed by atoms with Crippen LogP contribution in [0.5, 0.6) is 0 Å². The second-order valence-electron chi connectivity index (χ2n) is 9.15. The van der Waals surface area contributed by atoms with Crippen molar-refractivity contribution in [3.63, 3.8) is 0 Å². The lowest BCUT2D eigenvalue weighted by atomic mass is 9.95. The van der Waals surface area contributed by atoms with Crippen molar-refractivity contribution in [1.29, 1.82) is 0 Å². The van der Waals surface area contributed by atoms with Crippen LogP contribution in [0, 0.1) is 0 Å². The zero-order valence-corrected chi connectivity index (χ0v) is 17.5. The zero-order valence-electron chi connectivity index (χ0n) is 17.5. The Labute approximate surface area is 167 Å². The van der Waals surface area contributed by atoms with Crippen molar-refractivity contribution in [1.82, 2.24) is 19.4 Å². The van der Waals surface area contributed by atoms with Crippen molar-refractivity contribution >= 4 is 5.82 Å². The molecule has 4 rings (SSSR count). The minimum atomic E-state index is -0.0340. The van der Waals surface area contributed by atoms with Gasteiger partial charge in [0.25, 0.3) is 5.56 Å². The summed E-state index contributed by atoms with van der Waals surface area (Å²) in [6, 6.07) is 3.79. The molecule has 0 radical (unpaired) electrons. The van der Waals surface area contributed by atoms with Crippen molar-refractivity contribution in [3.8, 4) is 0 Å². The summed E-state index contributed by atoms with van der Waals surface area (Å²) in [5, 5.41) is 0. The molecule has 1 aliphatic carbocycles. The Morgan fingerprint density at radius 1 is 1.07 bits per heavy atom. The van der Waals surface area contributed by atoms with Gasteiger partial charge < -0.3 is 9.47 Å². The van der Waals surface area contributed by atoms with Gasteiger partial charge in [0.05, 0.1) is 0 Å². The van der Waals surface area contributed by atoms with Crippen LogP contribution in [0.3, 0.4) is 0 Å². The van der Waals surface area contributed by atoms with E-state index in [1.165, 1.54) is 23.5 Å². The lowest BCUT2D eigenvalue weighted by molar-refractivity contribution is 0.249. The third-order valence-electron chi connectivity index (χ3n) is 5.83. The van der Waals surface area contributed by atoms with Crippen molar-refractivity contribution in [2.45, 2.75) is 52.0 Å². The van der Waals surface area contributed by atoms with E-state index in [0.717, 1.165) is 57.0 Å². The molecule has 2 aromatic heterocycles. The predicted octanol–water partition coefficient (Wildman–Crippen LogP) is 2.28. The van der Waals surface area contributed by atoms with Crippen LogP contribution in [-0.4, -0.2) is 45.6 Å². The normalized spacial score (nSPS) is 17.8. The first kappa shape index (κ1) is 19.1. The Hall–Kier alpha value is -2.21. The first-order valence-corrected chi connectivity index (χ1v) is 10.3. The highest BCUT2D eigenvalue weighted by Crippen LogP contribution is 2.32. The summed E-state index contributed by atoms with van der Waals surface area (Å²) in [7, 11) is 1.79. The molecule has 0 atom stereocenters. The molecule has 0 bridgehead atoms. The van der Waals surface area contributed by atoms with E-state index in [0.29, 0.717) is 0 Å². The Bertz CT molecular complexity index is 919. The highest BCUT2D eigenvalue weighted by molar-refractivity contribution is 5.52. The minimum Gasteiger partial charge on any atom is -0.354 e. The van der Waals surface area contributed by atoms with Crippen LogP contribution >= 0.6 is 0 Å². The molecule has 150 valence electrons. The number of nitrogens with zero attached hydrogens (tertiary/aromatic N) is 5. The maximum absolute atomic E-state index is 11.9. The monoisotopic (exact) mass is 381 g/mol. The summed E-state index contributed by atoms with van der Waals surface area (Å²) >= 11 is 0. The lowest BCUT2D eigenvalue weighted by Gasteiger charge is -2.36. The SMILES string of the molecule is Cn1ccc(CN2CCN(c3nc(C(C)(C)C)nc4c3CCC4)CC2)cc1=O. The first-order chi connectivity index (χ1) is 13.3. The molecule has 1 aliphatic heterocycles. The van der Waals surface area contributed by atoms with Crippen LogP contribution < -0.4 is 10.5 Å². The van der Waals surface area contributed by atoms with Gasteiger partial charge in [0.2, 0.25) is 0 Å². The molecule has 1 fully saturated rings. The summed E-state index contributed by atoms with van der Waals surface area (Å²) in [5.41, 5.74) is 3.75. The number of aryl methyl sites for hydroxylation is 2. The third-order valence-corrected chi connectivity index (χ3v) is 5.83. The third kappa shape index (κ3) is 3.83. The zero-order chi connectivity index (χ0) is 19.9. The van der Waals surface area contributed by atoms with Gasteiger partial charge in [0.1, 0.15) is 11.6 Å². The molecule has 3 heterocycles. The van der Waals surface area contributed by atoms with E-state index in [9.17, 15) is 4.79 Å². The second kappa shape index (κ2) is 7.32. The second-order valence-corrected chi connectivity index (χ2v) is 9.15. The number of pyridine rings is 1. The van der Waals surface area contributed by atoms with Crippen LogP contribution in [0.1, 0.15) is 49.8 Å². The van der Waals surface area contributed by atoms with E-state index in [1.807, 2.05) is 12.3 Å². The molecule has 0 unspecified atom stereocenters. The number of piperazine rings is 1. The summed E-state index contributed by atoms with van der Waals surface area (Å²) < 4.78 is 1.62. The molecule has 0 amide bonds. The van der Waals surface area contributed by atoms with E-state index in [4.69, 9.17) is 9.97 Å². The Kier molecular flexibility index (Phi) is 5.00. The van der Waals surface area contributed by atoms with Crippen LogP contribution in [0.15, 0.2) is 23.1 Å². The van der Waals surface area contributed by atoms with E-state index in [1.54, 1.807) is 17.7 Å². The Morgan fingerprint density at radius 3 is 2.50 bits per heavy atom. The molecule has 0 N–H and O–H groups in total. The standard InChI is InChI=1S/C22H31N5O/c1-22(2,3)21-23-18-7-5-6-17(18)20(24-21)27-12-10-26(11-13-27)15-16-8-9-25(4)19(28)14-16/h8-9,14H,5-7,10-13,15H2,1-4H3. The molecule has 0 aromatic carbocycles. The predicted molar refractivity (Wildman–Crippen MR) is 112 cm³/mol. The number of hydrogen-bond donors (Lipinski definition) is 0. The molecular weight excluding hydrogens is 350 g/mol. The van der Waals surface area contributed by atoms with Gasteiger partial charge in [0.15, 0.2) is 0 Å². The van der Waals surface area contributed by atoms with Gasteiger partial charge in [-0.3, -0.25) is 9.69 Å². The van der Waals surface area contributed by atoms with Gasteiger partial charge >= 0.3 is 0 Å². The molecule has 0 saturated carbocycles. The molecule has 6 nitrogen and oxygen atoms in total. The van der Waals surface area contributed by atoms with Gasteiger partial charge in [-0.2, -0.15) is 0 Å². The summed E-state index contributed by atoms with van der Waals surface area (Å²) in [6.45, 7) is 11.3. The number of aromatic nitrogens is 3. The number of rotatable bonds is 3. The Balaban J connectivity index is 1.48. The van der Waals surface area contributed by atoms with Gasteiger partial charge in [-0.05, 0) is 30.9 Å². The summed E-state index contributed by atoms with van der Waals surface area (Å²) in [5.74, 6) is 2.13. The maximum atomic E-state index is 11.9. The number of anilines is 1. The quantitative estimate of drug-likeness (QED) is 0.816. The van der Waals surface area contributed by atoms with E-state index < -0.39 is 0 Å². The van der Waals surface area contributed by atoms with Crippen LogP contribution in [0.2, 0.25) is 0 Å². The molecule has 28 heavy (non-hydrogen) atoms. The van der Waals surface area contributed by atoms with Crippen LogP contribution in [0.25, 0.3) is 0 Å². The topological polar surface area (TPSA) is 54.3 Å². The fraction of sp³-hybridized carbons (Fsp3) is 0.591. The minimum absolute atomic E-state index is 0.0340. The van der Waals surface area contributed by atoms with E-state index in [2.05, 4.69) is 30.6 Å². The number of fused-ring (bicyclic) bond motifs is 1. The largest absolute Gasteiger partial charge is 0.354 e. The van der Waals surface area contributed by atoms with E-state index in [-0.39, 0.29) is 11.0 Å². The van der Waals surface area contributed by atoms with Gasteiger partial charge in [-0.25, -0.2) is 9.97 Å². The average molecular weight is 382 g/mol. The van der Waals surface area contributed by atoms with Gasteiger partial charge in [-0.15, -0.1) is 0 Å². The van der Waals surface area contributed by atoms with Crippen molar-refractivity contribution < 1.29 is 0 Å². The van der Waals surface area contributed by atoms with Crippen molar-refractivity contribution in [3.05, 3.63) is 51.3 Å². The first-order valence-electron chi connectivity index (χ1n) is 10.3. The van der Waals surface area contributed by atoms with E-state index >= 15 is 0 Å². The molecule has 0 spiro atoms. The fourth-order valence-electron chi connectivity index (χ4n) is 4.07. The summed E-state index contributed by atoms with van der Waals surface area (Å²) in [4.78, 5) is 26.6. The van der Waals surface area contributed by atoms with Crippen LogP contribution in [-0.2, 0) is 31.8 Å². The Morgan fingerprint density at radius 2 is 1.82 bits per heavy atom. The highest BCUT2D eigenvalue weighted by Gasteiger charge is 2.28. The molecule has 2 aliphatic rings. The highest BCUT2D eigenvalue weighted by atomic mass is 16.1. The maximum Gasteiger partial charge on any atom is 0.250 e. The van der Waals surface area contributed by atoms with Gasteiger partial charge in [0, 0.05) is 68.7 Å². The number of hydrogen-bond acceptors (Lipinski definition) is 5. The lowest BCUT2D eigenvalue weighted by Crippen LogP contribution is -2.46. The molecule has 2 aromatic rings. The summed E-state index contributed by atoms with van der Waals surface area (Å²) in [6.07, 6.45) is 5.22.